The molecule has 0 bridgehead atoms. The van der Waals surface area contributed by atoms with Gasteiger partial charge in [-0.25, -0.2) is 10.4 Å². The lowest BCUT2D eigenvalue weighted by Gasteiger charge is -2.17. The molecular formula is C11H14N4S. The van der Waals surface area contributed by atoms with Gasteiger partial charge in [-0.2, -0.15) is 11.3 Å². The van der Waals surface area contributed by atoms with Crippen LogP contribution in [0, 0.1) is 6.92 Å². The normalized spacial score (nSPS) is 12.6. The maximum atomic E-state index is 5.85. The van der Waals surface area contributed by atoms with Crippen LogP contribution in [0.1, 0.15) is 22.7 Å². The van der Waals surface area contributed by atoms with E-state index in [2.05, 4.69) is 28.1 Å². The Bertz CT molecular complexity index is 480. The zero-order chi connectivity index (χ0) is 11.5. The lowest BCUT2D eigenvalue weighted by Crippen LogP contribution is -2.29. The molecular weight excluding hydrogens is 220 g/mol. The minimum atomic E-state index is -0.0973. The van der Waals surface area contributed by atoms with Gasteiger partial charge in [0, 0.05) is 11.8 Å². The summed E-state index contributed by atoms with van der Waals surface area (Å²) in [5.74, 6) is 6.12. The van der Waals surface area contributed by atoms with Gasteiger partial charge in [-0.05, 0) is 34.9 Å². The predicted octanol–water partition coefficient (Wildman–Crippen LogP) is 1.59. The van der Waals surface area contributed by atoms with Crippen LogP contribution in [0.15, 0.2) is 29.1 Å². The molecule has 5 N–H and O–H groups in total. The number of anilines is 1. The minimum absolute atomic E-state index is 0.0973. The number of pyridine rings is 1. The van der Waals surface area contributed by atoms with Crippen LogP contribution in [0.25, 0.3) is 0 Å². The van der Waals surface area contributed by atoms with Gasteiger partial charge in [0.05, 0.1) is 6.04 Å². The highest BCUT2D eigenvalue weighted by Crippen LogP contribution is 2.29. The maximum absolute atomic E-state index is 5.85. The summed E-state index contributed by atoms with van der Waals surface area (Å²) >= 11 is 1.65. The Labute approximate surface area is 98.3 Å². The van der Waals surface area contributed by atoms with E-state index in [1.165, 1.54) is 5.56 Å². The molecule has 1 atom stereocenters. The van der Waals surface area contributed by atoms with Crippen LogP contribution in [0.3, 0.4) is 0 Å². The molecule has 2 aromatic rings. The number of nitrogens with one attached hydrogen (secondary N) is 1. The van der Waals surface area contributed by atoms with Gasteiger partial charge < -0.3 is 5.73 Å². The molecule has 0 saturated heterocycles. The van der Waals surface area contributed by atoms with Gasteiger partial charge in [0.1, 0.15) is 5.82 Å². The Morgan fingerprint density at radius 3 is 2.75 bits per heavy atom. The molecule has 1 unspecified atom stereocenters. The summed E-state index contributed by atoms with van der Waals surface area (Å²) in [5, 5.41) is 4.17. The Balaban J connectivity index is 2.45. The molecule has 5 heteroatoms. The summed E-state index contributed by atoms with van der Waals surface area (Å²) in [4.78, 5) is 4.07. The van der Waals surface area contributed by atoms with Crippen molar-refractivity contribution in [2.45, 2.75) is 13.0 Å². The fraction of sp³-hybridized carbons (Fsp3) is 0.182. The fourth-order valence-corrected chi connectivity index (χ4v) is 2.56. The maximum Gasteiger partial charge on any atom is 0.128 e. The summed E-state index contributed by atoms with van der Waals surface area (Å²) in [6.07, 6.45) is 1.67. The third-order valence-electron chi connectivity index (χ3n) is 2.56. The molecule has 0 spiro atoms. The largest absolute Gasteiger partial charge is 0.383 e. The molecule has 0 fully saturated rings. The predicted molar refractivity (Wildman–Crippen MR) is 66.9 cm³/mol. The number of hydrazine groups is 1. The number of thiophene rings is 1. The topological polar surface area (TPSA) is 77.0 Å². The standard InChI is InChI=1S/C11H14N4S/c1-7-5-16-6-9(7)10(15-13)8-3-2-4-14-11(8)12/h2-6,10,15H,13H2,1H3,(H2,12,14). The van der Waals surface area contributed by atoms with E-state index >= 15 is 0 Å². The van der Waals surface area contributed by atoms with E-state index in [4.69, 9.17) is 11.6 Å². The third-order valence-corrected chi connectivity index (χ3v) is 3.43. The minimum Gasteiger partial charge on any atom is -0.383 e. The van der Waals surface area contributed by atoms with Gasteiger partial charge >= 0.3 is 0 Å². The highest BCUT2D eigenvalue weighted by molar-refractivity contribution is 7.08. The molecule has 0 saturated carbocycles. The first-order valence-corrected chi connectivity index (χ1v) is 5.87. The number of nitrogen functional groups attached to an aromatic ring is 1. The highest BCUT2D eigenvalue weighted by Gasteiger charge is 2.17. The van der Waals surface area contributed by atoms with Crippen LogP contribution in [-0.4, -0.2) is 4.98 Å². The van der Waals surface area contributed by atoms with E-state index < -0.39 is 0 Å². The smallest absolute Gasteiger partial charge is 0.128 e. The Kier molecular flexibility index (Phi) is 3.19. The van der Waals surface area contributed by atoms with Crippen molar-refractivity contribution >= 4 is 17.2 Å². The van der Waals surface area contributed by atoms with Crippen molar-refractivity contribution in [1.82, 2.24) is 10.4 Å². The molecule has 0 aliphatic heterocycles. The number of nitrogens with zero attached hydrogens (tertiary/aromatic N) is 1. The monoisotopic (exact) mass is 234 g/mol. The number of aromatic nitrogens is 1. The molecule has 0 aliphatic rings. The van der Waals surface area contributed by atoms with Crippen LogP contribution < -0.4 is 17.0 Å². The second kappa shape index (κ2) is 4.61. The average Bonchev–Trinajstić information content (AvgIpc) is 2.69. The van der Waals surface area contributed by atoms with Crippen LogP contribution in [0.2, 0.25) is 0 Å². The number of nitrogens with two attached hydrogens (primary N) is 2. The van der Waals surface area contributed by atoms with E-state index in [1.807, 2.05) is 12.1 Å². The summed E-state index contributed by atoms with van der Waals surface area (Å²) in [7, 11) is 0. The molecule has 0 aliphatic carbocycles. The van der Waals surface area contributed by atoms with E-state index in [0.29, 0.717) is 5.82 Å². The first-order chi connectivity index (χ1) is 7.74. The molecule has 0 radical (unpaired) electrons. The molecule has 0 amide bonds. The summed E-state index contributed by atoms with van der Waals surface area (Å²) < 4.78 is 0. The van der Waals surface area contributed by atoms with E-state index in [0.717, 1.165) is 11.1 Å². The van der Waals surface area contributed by atoms with Crippen LogP contribution >= 0.6 is 11.3 Å². The van der Waals surface area contributed by atoms with Crippen molar-refractivity contribution in [3.05, 3.63) is 45.8 Å². The third kappa shape index (κ3) is 1.92. The first-order valence-electron chi connectivity index (χ1n) is 4.93. The second-order valence-corrected chi connectivity index (χ2v) is 4.33. The highest BCUT2D eigenvalue weighted by atomic mass is 32.1. The quantitative estimate of drug-likeness (QED) is 0.556. The average molecular weight is 234 g/mol. The fourth-order valence-electron chi connectivity index (χ4n) is 1.69. The lowest BCUT2D eigenvalue weighted by atomic mass is 10.00. The van der Waals surface area contributed by atoms with Crippen molar-refractivity contribution in [1.29, 1.82) is 0 Å². The first kappa shape index (κ1) is 11.1. The summed E-state index contributed by atoms with van der Waals surface area (Å²) in [6, 6.07) is 3.70. The van der Waals surface area contributed by atoms with Gasteiger partial charge in [0.2, 0.25) is 0 Å². The van der Waals surface area contributed by atoms with Gasteiger partial charge in [-0.3, -0.25) is 5.84 Å². The van der Waals surface area contributed by atoms with Crippen LogP contribution in [-0.2, 0) is 0 Å². The molecule has 2 aromatic heterocycles. The number of hydrogen-bond acceptors (Lipinski definition) is 5. The molecule has 2 rings (SSSR count). The number of hydrogen-bond donors (Lipinski definition) is 3. The van der Waals surface area contributed by atoms with Crippen LogP contribution in [0.5, 0.6) is 0 Å². The molecule has 16 heavy (non-hydrogen) atoms. The summed E-state index contributed by atoms with van der Waals surface area (Å²) in [6.45, 7) is 2.06. The Morgan fingerprint density at radius 1 is 1.38 bits per heavy atom. The van der Waals surface area contributed by atoms with Crippen molar-refractivity contribution in [2.75, 3.05) is 5.73 Å². The molecule has 0 aromatic carbocycles. The van der Waals surface area contributed by atoms with Crippen molar-refractivity contribution in [2.24, 2.45) is 5.84 Å². The van der Waals surface area contributed by atoms with E-state index in [1.54, 1.807) is 17.5 Å². The zero-order valence-corrected chi connectivity index (χ0v) is 9.79. The Hall–Kier alpha value is -1.43. The second-order valence-electron chi connectivity index (χ2n) is 3.59. The van der Waals surface area contributed by atoms with Crippen LogP contribution in [0.4, 0.5) is 5.82 Å². The van der Waals surface area contributed by atoms with E-state index in [-0.39, 0.29) is 6.04 Å². The van der Waals surface area contributed by atoms with Crippen molar-refractivity contribution in [3.8, 4) is 0 Å². The van der Waals surface area contributed by atoms with Gasteiger partial charge in [0.15, 0.2) is 0 Å². The van der Waals surface area contributed by atoms with E-state index in [9.17, 15) is 0 Å². The molecule has 2 heterocycles. The van der Waals surface area contributed by atoms with Gasteiger partial charge in [-0.15, -0.1) is 0 Å². The van der Waals surface area contributed by atoms with Gasteiger partial charge in [-0.1, -0.05) is 6.07 Å². The molecule has 4 nitrogen and oxygen atoms in total. The number of rotatable bonds is 3. The SMILES string of the molecule is Cc1cscc1C(NN)c1cccnc1N. The van der Waals surface area contributed by atoms with Gasteiger partial charge in [0.25, 0.3) is 0 Å². The van der Waals surface area contributed by atoms with Crippen molar-refractivity contribution < 1.29 is 0 Å². The lowest BCUT2D eigenvalue weighted by molar-refractivity contribution is 0.636. The zero-order valence-electron chi connectivity index (χ0n) is 8.97. The Morgan fingerprint density at radius 2 is 2.19 bits per heavy atom. The number of aryl methyl sites for hydroxylation is 1. The molecule has 84 valence electrons. The summed E-state index contributed by atoms with van der Waals surface area (Å²) in [5.41, 5.74) is 11.9. The van der Waals surface area contributed by atoms with Crippen molar-refractivity contribution in [3.63, 3.8) is 0 Å².